The van der Waals surface area contributed by atoms with E-state index in [1.807, 2.05) is 21.1 Å². The Kier molecular flexibility index (Phi) is 41.6. The first-order chi connectivity index (χ1) is 29.0. The molecule has 352 valence electrons. The van der Waals surface area contributed by atoms with Gasteiger partial charge in [0.15, 0.2) is 0 Å². The number of quaternary nitrogens is 1. The predicted octanol–water partition coefficient (Wildman–Crippen LogP) is 14.4. The summed E-state index contributed by atoms with van der Waals surface area (Å²) in [4.78, 5) is 23.2. The summed E-state index contributed by atoms with van der Waals surface area (Å²) in [5.41, 5.74) is 0. The van der Waals surface area contributed by atoms with Gasteiger partial charge >= 0.3 is 7.82 Å². The molecule has 0 rings (SSSR count). The minimum Gasteiger partial charge on any atom is -0.391 e. The minimum absolute atomic E-state index is 0.0701. The molecule has 3 unspecified atom stereocenters. The van der Waals surface area contributed by atoms with Gasteiger partial charge in [0.05, 0.1) is 39.9 Å². The third kappa shape index (κ3) is 44.5. The molecule has 0 saturated heterocycles. The van der Waals surface area contributed by atoms with E-state index in [1.54, 1.807) is 0 Å². The lowest BCUT2D eigenvalue weighted by molar-refractivity contribution is -0.870. The van der Waals surface area contributed by atoms with Crippen molar-refractivity contribution in [3.8, 4) is 0 Å². The van der Waals surface area contributed by atoms with Gasteiger partial charge in [0.1, 0.15) is 13.2 Å². The minimum atomic E-state index is -4.32. The second-order valence-corrected chi connectivity index (χ2v) is 19.6. The Labute approximate surface area is 371 Å². The number of hydrogen-bond donors (Lipinski definition) is 3. The Morgan fingerprint density at radius 3 is 1.47 bits per heavy atom. The Morgan fingerprint density at radius 1 is 0.583 bits per heavy atom. The fourth-order valence-electron chi connectivity index (χ4n) is 7.16. The number of phosphoric ester groups is 1. The predicted molar refractivity (Wildman–Crippen MR) is 258 cm³/mol. The molecule has 0 spiro atoms. The van der Waals surface area contributed by atoms with Crippen molar-refractivity contribution in [2.75, 3.05) is 40.9 Å². The second-order valence-electron chi connectivity index (χ2n) is 18.2. The van der Waals surface area contributed by atoms with Crippen molar-refractivity contribution >= 4 is 13.7 Å². The number of aliphatic hydroxyl groups excluding tert-OH is 1. The van der Waals surface area contributed by atoms with Crippen LogP contribution in [0.3, 0.4) is 0 Å². The first-order valence-corrected chi connectivity index (χ1v) is 26.5. The number of allylic oxidation sites excluding steroid dienone is 8. The van der Waals surface area contributed by atoms with Gasteiger partial charge in [-0.05, 0) is 51.4 Å². The van der Waals surface area contributed by atoms with Gasteiger partial charge in [-0.1, -0.05) is 210 Å². The molecule has 9 heteroatoms. The lowest BCUT2D eigenvalue weighted by Gasteiger charge is -2.26. The standard InChI is InChI=1S/C51H97N2O6P/c1-6-8-10-12-14-16-18-20-22-24-26-28-30-32-34-36-38-40-42-44-50(54)49(48-59-60(56,57)58-47-46-53(3,4)5)52-51(55)45-43-41-39-37-35-33-31-29-27-25-23-21-19-17-15-13-11-9-7-2/h9,11,15,17,21,23,27,29,49-50,54H,6-8,10,12-14,16,18-20,22,24-26,28,30-48H2,1-5H3,(H-,52,55,56,57)/p+1/b11-9-,17-15-,23-21-,29-27-. The summed E-state index contributed by atoms with van der Waals surface area (Å²) in [6, 6.07) is -0.770. The van der Waals surface area contributed by atoms with E-state index < -0.39 is 20.0 Å². The Balaban J connectivity index is 4.31. The van der Waals surface area contributed by atoms with E-state index in [4.69, 9.17) is 9.05 Å². The summed E-state index contributed by atoms with van der Waals surface area (Å²) in [5.74, 6) is -0.158. The number of phosphoric acid groups is 1. The SMILES string of the molecule is CC/C=C\C/C=C\C/C=C\C/C=C\CCCCCCCCC(=O)NC(COP(=O)(O)OCC[N+](C)(C)C)C(O)CCCCCCCCCCCCCCCCCCCCC. The maximum atomic E-state index is 12.9. The summed E-state index contributed by atoms with van der Waals surface area (Å²) in [6.07, 6.45) is 54.2. The first kappa shape index (κ1) is 58.5. The van der Waals surface area contributed by atoms with Gasteiger partial charge in [-0.3, -0.25) is 13.8 Å². The molecule has 0 aromatic heterocycles. The number of nitrogens with zero attached hydrogens (tertiary/aromatic N) is 1. The largest absolute Gasteiger partial charge is 0.472 e. The topological polar surface area (TPSA) is 105 Å². The molecule has 60 heavy (non-hydrogen) atoms. The highest BCUT2D eigenvalue weighted by molar-refractivity contribution is 7.47. The summed E-state index contributed by atoms with van der Waals surface area (Å²) in [5, 5.41) is 14.0. The van der Waals surface area contributed by atoms with E-state index in [-0.39, 0.29) is 19.1 Å². The number of unbranched alkanes of at least 4 members (excludes halogenated alkanes) is 24. The van der Waals surface area contributed by atoms with Gasteiger partial charge in [-0.15, -0.1) is 0 Å². The number of amides is 1. The maximum Gasteiger partial charge on any atom is 0.472 e. The van der Waals surface area contributed by atoms with Crippen LogP contribution >= 0.6 is 7.82 Å². The van der Waals surface area contributed by atoms with Gasteiger partial charge in [-0.2, -0.15) is 0 Å². The highest BCUT2D eigenvalue weighted by Crippen LogP contribution is 2.43. The molecule has 0 bridgehead atoms. The van der Waals surface area contributed by atoms with Crippen LogP contribution < -0.4 is 5.32 Å². The van der Waals surface area contributed by atoms with E-state index in [1.165, 1.54) is 116 Å². The molecule has 1 amide bonds. The lowest BCUT2D eigenvalue weighted by atomic mass is 10.0. The van der Waals surface area contributed by atoms with Gasteiger partial charge in [-0.25, -0.2) is 4.57 Å². The van der Waals surface area contributed by atoms with Gasteiger partial charge < -0.3 is 19.8 Å². The van der Waals surface area contributed by atoms with Crippen molar-refractivity contribution in [1.29, 1.82) is 0 Å². The number of carbonyl (C=O) groups is 1. The van der Waals surface area contributed by atoms with Gasteiger partial charge in [0.25, 0.3) is 0 Å². The van der Waals surface area contributed by atoms with Gasteiger partial charge in [0, 0.05) is 6.42 Å². The number of nitrogens with one attached hydrogen (secondary N) is 1. The molecule has 3 atom stereocenters. The highest BCUT2D eigenvalue weighted by Gasteiger charge is 2.28. The van der Waals surface area contributed by atoms with E-state index in [9.17, 15) is 19.4 Å². The number of carbonyl (C=O) groups excluding carboxylic acids is 1. The Hall–Kier alpha value is -1.54. The molecule has 0 aliphatic carbocycles. The Morgan fingerprint density at radius 2 is 1.00 bits per heavy atom. The molecule has 0 saturated carbocycles. The van der Waals surface area contributed by atoms with Crippen LogP contribution in [0.1, 0.15) is 219 Å². The molecular formula is C51H98N2O6P+. The molecule has 0 heterocycles. The third-order valence-corrected chi connectivity index (χ3v) is 12.1. The van der Waals surface area contributed by atoms with Crippen molar-refractivity contribution in [2.24, 2.45) is 0 Å². The molecule has 8 nitrogen and oxygen atoms in total. The fourth-order valence-corrected chi connectivity index (χ4v) is 7.89. The maximum absolute atomic E-state index is 12.9. The monoisotopic (exact) mass is 866 g/mol. The van der Waals surface area contributed by atoms with Crippen LogP contribution in [0.25, 0.3) is 0 Å². The molecule has 0 fully saturated rings. The van der Waals surface area contributed by atoms with Crippen LogP contribution in [-0.2, 0) is 18.4 Å². The fraction of sp³-hybridized carbons (Fsp3) is 0.824. The highest BCUT2D eigenvalue weighted by atomic mass is 31.2. The van der Waals surface area contributed by atoms with Crippen molar-refractivity contribution in [1.82, 2.24) is 5.32 Å². The molecule has 0 radical (unpaired) electrons. The zero-order valence-corrected chi connectivity index (χ0v) is 40.8. The average Bonchev–Trinajstić information content (AvgIpc) is 3.20. The molecular weight excluding hydrogens is 768 g/mol. The molecule has 0 aliphatic heterocycles. The number of aliphatic hydroxyl groups is 1. The van der Waals surface area contributed by atoms with Gasteiger partial charge in [0.2, 0.25) is 5.91 Å². The van der Waals surface area contributed by atoms with Crippen molar-refractivity contribution in [3.05, 3.63) is 48.6 Å². The van der Waals surface area contributed by atoms with E-state index in [0.29, 0.717) is 23.9 Å². The van der Waals surface area contributed by atoms with Crippen molar-refractivity contribution in [3.63, 3.8) is 0 Å². The van der Waals surface area contributed by atoms with Crippen LogP contribution in [0, 0.1) is 0 Å². The number of hydrogen-bond acceptors (Lipinski definition) is 5. The summed E-state index contributed by atoms with van der Waals surface area (Å²) >= 11 is 0. The van der Waals surface area contributed by atoms with Crippen LogP contribution in [0.4, 0.5) is 0 Å². The Bertz CT molecular complexity index is 1120. The number of likely N-dealkylation sites (N-methyl/N-ethyl adjacent to an activating group) is 1. The van der Waals surface area contributed by atoms with E-state index >= 15 is 0 Å². The van der Waals surface area contributed by atoms with Crippen molar-refractivity contribution < 1.29 is 32.9 Å². The zero-order valence-electron chi connectivity index (χ0n) is 39.9. The first-order valence-electron chi connectivity index (χ1n) is 25.0. The second kappa shape index (κ2) is 42.7. The van der Waals surface area contributed by atoms with Crippen molar-refractivity contribution in [2.45, 2.75) is 231 Å². The summed E-state index contributed by atoms with van der Waals surface area (Å²) in [6.45, 7) is 4.77. The molecule has 0 aromatic rings. The molecule has 0 aromatic carbocycles. The zero-order chi connectivity index (χ0) is 44.3. The summed E-state index contributed by atoms with van der Waals surface area (Å²) < 4.78 is 23.7. The van der Waals surface area contributed by atoms with Crippen LogP contribution in [-0.4, -0.2) is 73.4 Å². The molecule has 0 aliphatic rings. The number of rotatable bonds is 45. The van der Waals surface area contributed by atoms with Crippen LogP contribution in [0.2, 0.25) is 0 Å². The van der Waals surface area contributed by atoms with Crippen LogP contribution in [0.5, 0.6) is 0 Å². The summed E-state index contributed by atoms with van der Waals surface area (Å²) in [7, 11) is 1.60. The van der Waals surface area contributed by atoms with E-state index in [0.717, 1.165) is 77.0 Å². The third-order valence-electron chi connectivity index (χ3n) is 11.1. The van der Waals surface area contributed by atoms with E-state index in [2.05, 4.69) is 67.8 Å². The smallest absolute Gasteiger partial charge is 0.391 e. The molecule has 3 N–H and O–H groups in total. The quantitative estimate of drug-likeness (QED) is 0.0244. The normalized spacial score (nSPS) is 14.6. The lowest BCUT2D eigenvalue weighted by Crippen LogP contribution is -2.46. The average molecular weight is 866 g/mol. The van der Waals surface area contributed by atoms with Crippen LogP contribution in [0.15, 0.2) is 48.6 Å².